The number of ether oxygens (including phenoxy) is 1. The summed E-state index contributed by atoms with van der Waals surface area (Å²) < 4.78 is 5.29. The zero-order valence-electron chi connectivity index (χ0n) is 15.1. The van der Waals surface area contributed by atoms with Crippen molar-refractivity contribution in [2.24, 2.45) is 5.92 Å². The van der Waals surface area contributed by atoms with Gasteiger partial charge in [0.2, 0.25) is 17.7 Å². The minimum absolute atomic E-state index is 0.0786. The first-order chi connectivity index (χ1) is 12.1. The summed E-state index contributed by atoms with van der Waals surface area (Å²) in [6, 6.07) is 0.212. The highest BCUT2D eigenvalue weighted by atomic mass is 16.5. The Kier molecular flexibility index (Phi) is 5.93. The number of rotatable bonds is 3. The second-order valence-corrected chi connectivity index (χ2v) is 7.31. The lowest BCUT2D eigenvalue weighted by molar-refractivity contribution is -0.148. The maximum absolute atomic E-state index is 12.9. The molecule has 3 aliphatic heterocycles. The van der Waals surface area contributed by atoms with E-state index in [1.54, 1.807) is 6.92 Å². The van der Waals surface area contributed by atoms with Gasteiger partial charge >= 0.3 is 0 Å². The van der Waals surface area contributed by atoms with E-state index in [0.29, 0.717) is 32.7 Å². The van der Waals surface area contributed by atoms with E-state index in [2.05, 4.69) is 0 Å². The molecule has 0 aromatic carbocycles. The van der Waals surface area contributed by atoms with Crippen molar-refractivity contribution in [2.75, 3.05) is 45.9 Å². The highest BCUT2D eigenvalue weighted by Crippen LogP contribution is 2.27. The monoisotopic (exact) mass is 351 g/mol. The summed E-state index contributed by atoms with van der Waals surface area (Å²) in [6.07, 6.45) is 3.77. The van der Waals surface area contributed by atoms with Crippen molar-refractivity contribution in [1.29, 1.82) is 0 Å². The molecule has 3 amide bonds. The van der Waals surface area contributed by atoms with Crippen LogP contribution in [0.15, 0.2) is 0 Å². The molecule has 1 unspecified atom stereocenters. The Morgan fingerprint density at radius 2 is 1.68 bits per heavy atom. The number of carbonyl (C=O) groups is 3. The third-order valence-corrected chi connectivity index (χ3v) is 5.72. The molecule has 0 saturated carbocycles. The Hall–Kier alpha value is -1.63. The third kappa shape index (κ3) is 4.32. The molecular weight excluding hydrogens is 322 g/mol. The van der Waals surface area contributed by atoms with Crippen molar-refractivity contribution in [3.63, 3.8) is 0 Å². The molecule has 0 radical (unpaired) electrons. The molecule has 3 aliphatic rings. The largest absolute Gasteiger partial charge is 0.378 e. The van der Waals surface area contributed by atoms with Gasteiger partial charge in [0.1, 0.15) is 0 Å². The van der Waals surface area contributed by atoms with E-state index in [9.17, 15) is 14.4 Å². The quantitative estimate of drug-likeness (QED) is 0.742. The third-order valence-electron chi connectivity index (χ3n) is 5.72. The zero-order chi connectivity index (χ0) is 17.8. The first-order valence-electron chi connectivity index (χ1n) is 9.48. The van der Waals surface area contributed by atoms with Gasteiger partial charge in [0.25, 0.3) is 0 Å². The fourth-order valence-electron chi connectivity index (χ4n) is 4.17. The predicted molar refractivity (Wildman–Crippen MR) is 91.7 cm³/mol. The van der Waals surface area contributed by atoms with Gasteiger partial charge < -0.3 is 19.4 Å². The van der Waals surface area contributed by atoms with Crippen molar-refractivity contribution in [1.82, 2.24) is 14.7 Å². The number of piperidine rings is 2. The van der Waals surface area contributed by atoms with Gasteiger partial charge in [0.15, 0.2) is 0 Å². The summed E-state index contributed by atoms with van der Waals surface area (Å²) in [5.74, 6) is 0.136. The van der Waals surface area contributed by atoms with Gasteiger partial charge in [-0.3, -0.25) is 14.4 Å². The van der Waals surface area contributed by atoms with E-state index >= 15 is 0 Å². The van der Waals surface area contributed by atoms with Crippen LogP contribution in [0.5, 0.6) is 0 Å². The summed E-state index contributed by atoms with van der Waals surface area (Å²) >= 11 is 0. The molecule has 3 heterocycles. The van der Waals surface area contributed by atoms with Crippen molar-refractivity contribution in [2.45, 2.75) is 45.1 Å². The number of nitrogens with zero attached hydrogens (tertiary/aromatic N) is 3. The van der Waals surface area contributed by atoms with E-state index in [1.165, 1.54) is 0 Å². The number of likely N-dealkylation sites (tertiary alicyclic amines) is 2. The Bertz CT molecular complexity index is 510. The Morgan fingerprint density at radius 1 is 1.00 bits per heavy atom. The summed E-state index contributed by atoms with van der Waals surface area (Å²) in [6.45, 7) is 6.27. The van der Waals surface area contributed by atoms with E-state index in [0.717, 1.165) is 45.3 Å². The molecule has 3 fully saturated rings. The first kappa shape index (κ1) is 18.2. The normalized spacial score (nSPS) is 26.0. The van der Waals surface area contributed by atoms with Crippen LogP contribution in [0.3, 0.4) is 0 Å². The van der Waals surface area contributed by atoms with E-state index in [1.807, 2.05) is 14.7 Å². The minimum atomic E-state index is -0.185. The Morgan fingerprint density at radius 3 is 2.32 bits per heavy atom. The van der Waals surface area contributed by atoms with Gasteiger partial charge in [-0.25, -0.2) is 0 Å². The van der Waals surface area contributed by atoms with Crippen LogP contribution in [0.4, 0.5) is 0 Å². The molecule has 0 bridgehead atoms. The van der Waals surface area contributed by atoms with Gasteiger partial charge in [-0.15, -0.1) is 0 Å². The van der Waals surface area contributed by atoms with Crippen LogP contribution in [0.1, 0.15) is 39.0 Å². The van der Waals surface area contributed by atoms with Crippen LogP contribution in [-0.2, 0) is 19.1 Å². The van der Waals surface area contributed by atoms with Crippen molar-refractivity contribution in [3.05, 3.63) is 0 Å². The van der Waals surface area contributed by atoms with Crippen LogP contribution in [-0.4, -0.2) is 84.4 Å². The summed E-state index contributed by atoms with van der Waals surface area (Å²) in [5.41, 5.74) is 0. The smallest absolute Gasteiger partial charge is 0.226 e. The van der Waals surface area contributed by atoms with Gasteiger partial charge in [-0.1, -0.05) is 0 Å². The highest BCUT2D eigenvalue weighted by Gasteiger charge is 2.36. The molecule has 7 heteroatoms. The molecule has 140 valence electrons. The molecule has 25 heavy (non-hydrogen) atoms. The number of morpholine rings is 1. The van der Waals surface area contributed by atoms with Crippen LogP contribution in [0, 0.1) is 5.92 Å². The molecule has 0 aromatic rings. The van der Waals surface area contributed by atoms with Crippen molar-refractivity contribution in [3.8, 4) is 0 Å². The second-order valence-electron chi connectivity index (χ2n) is 7.31. The fraction of sp³-hybridized carbons (Fsp3) is 0.833. The molecule has 1 atom stereocenters. The first-order valence-corrected chi connectivity index (χ1v) is 9.48. The SMILES string of the molecule is CC(=O)N1CCC(N2CCCC(CC(=O)N3CCOCC3)C2=O)CC1. The standard InChI is InChI=1S/C18H29N3O4/c1-14(22)19-7-4-16(5-8-19)21-6-2-3-15(18(21)24)13-17(23)20-9-11-25-12-10-20/h15-16H,2-13H2,1H3. The number of hydrogen-bond acceptors (Lipinski definition) is 4. The molecule has 3 rings (SSSR count). The van der Waals surface area contributed by atoms with Crippen LogP contribution in [0.25, 0.3) is 0 Å². The molecular formula is C18H29N3O4. The van der Waals surface area contributed by atoms with Crippen LogP contribution >= 0.6 is 0 Å². The maximum Gasteiger partial charge on any atom is 0.226 e. The van der Waals surface area contributed by atoms with E-state index < -0.39 is 0 Å². The number of carbonyl (C=O) groups excluding carboxylic acids is 3. The number of amides is 3. The predicted octanol–water partition coefficient (Wildman–Crippen LogP) is 0.485. The molecule has 0 spiro atoms. The van der Waals surface area contributed by atoms with Gasteiger partial charge in [-0.05, 0) is 25.7 Å². The highest BCUT2D eigenvalue weighted by molar-refractivity contribution is 5.86. The molecule has 0 N–H and O–H groups in total. The molecule has 0 aliphatic carbocycles. The lowest BCUT2D eigenvalue weighted by atomic mass is 9.90. The summed E-state index contributed by atoms with van der Waals surface area (Å²) in [5, 5.41) is 0. The lowest BCUT2D eigenvalue weighted by Gasteiger charge is -2.42. The van der Waals surface area contributed by atoms with Crippen LogP contribution in [0.2, 0.25) is 0 Å². The lowest BCUT2D eigenvalue weighted by Crippen LogP contribution is -2.52. The Balaban J connectivity index is 1.54. The van der Waals surface area contributed by atoms with E-state index in [-0.39, 0.29) is 29.7 Å². The van der Waals surface area contributed by atoms with Gasteiger partial charge in [0, 0.05) is 58.0 Å². The second kappa shape index (κ2) is 8.17. The molecule has 3 saturated heterocycles. The topological polar surface area (TPSA) is 70.2 Å². The molecule has 0 aromatic heterocycles. The number of hydrogen-bond donors (Lipinski definition) is 0. The molecule has 7 nitrogen and oxygen atoms in total. The van der Waals surface area contributed by atoms with Crippen molar-refractivity contribution < 1.29 is 19.1 Å². The Labute approximate surface area is 149 Å². The van der Waals surface area contributed by atoms with Gasteiger partial charge in [0.05, 0.1) is 13.2 Å². The van der Waals surface area contributed by atoms with Crippen LogP contribution < -0.4 is 0 Å². The van der Waals surface area contributed by atoms with Gasteiger partial charge in [-0.2, -0.15) is 0 Å². The average molecular weight is 351 g/mol. The minimum Gasteiger partial charge on any atom is -0.378 e. The zero-order valence-corrected chi connectivity index (χ0v) is 15.1. The summed E-state index contributed by atoms with van der Waals surface area (Å²) in [7, 11) is 0. The maximum atomic E-state index is 12.9. The fourth-order valence-corrected chi connectivity index (χ4v) is 4.17. The summed E-state index contributed by atoms with van der Waals surface area (Å²) in [4.78, 5) is 42.5. The average Bonchev–Trinajstić information content (AvgIpc) is 2.64. The van der Waals surface area contributed by atoms with E-state index in [4.69, 9.17) is 4.74 Å². The van der Waals surface area contributed by atoms with Crippen molar-refractivity contribution >= 4 is 17.7 Å².